The molecule has 0 saturated heterocycles. The molecule has 0 aliphatic rings. The van der Waals surface area contributed by atoms with Crippen LogP contribution in [0.1, 0.15) is 18.1 Å². The Labute approximate surface area is 249 Å². The second kappa shape index (κ2) is 15.3. The number of hydrogen-bond acceptors (Lipinski definition) is 7. The SMILES string of the molecule is COC(=O)COc1ccc(/C=N\NC(=O)[C@H](Cc2ccccc2)NC(=O)[C@@H](C)Oc2ccc(Cl)cc2Cl)cc1Br. The molecule has 40 heavy (non-hydrogen) atoms. The third-order valence-corrected chi connectivity index (χ3v) is 6.55. The van der Waals surface area contributed by atoms with E-state index in [1.807, 2.05) is 30.3 Å². The maximum atomic E-state index is 13.1. The van der Waals surface area contributed by atoms with E-state index >= 15 is 0 Å². The fourth-order valence-electron chi connectivity index (χ4n) is 3.32. The van der Waals surface area contributed by atoms with Crippen LogP contribution in [0.15, 0.2) is 76.3 Å². The highest BCUT2D eigenvalue weighted by atomic mass is 79.9. The molecule has 3 aromatic rings. The van der Waals surface area contributed by atoms with E-state index in [4.69, 9.17) is 32.7 Å². The smallest absolute Gasteiger partial charge is 0.343 e. The summed E-state index contributed by atoms with van der Waals surface area (Å²) in [6, 6.07) is 18.0. The normalized spacial score (nSPS) is 12.3. The lowest BCUT2D eigenvalue weighted by Crippen LogP contribution is -2.50. The largest absolute Gasteiger partial charge is 0.481 e. The van der Waals surface area contributed by atoms with Gasteiger partial charge in [0.1, 0.15) is 17.5 Å². The van der Waals surface area contributed by atoms with Gasteiger partial charge in [0.05, 0.1) is 22.8 Å². The Balaban J connectivity index is 1.66. The van der Waals surface area contributed by atoms with Crippen molar-refractivity contribution in [1.82, 2.24) is 10.7 Å². The molecular weight excluding hydrogens is 625 g/mol. The van der Waals surface area contributed by atoms with Crippen molar-refractivity contribution in [2.75, 3.05) is 13.7 Å². The molecule has 0 aliphatic carbocycles. The van der Waals surface area contributed by atoms with Crippen LogP contribution in [-0.2, 0) is 25.5 Å². The van der Waals surface area contributed by atoms with Crippen LogP contribution in [0.3, 0.4) is 0 Å². The summed E-state index contributed by atoms with van der Waals surface area (Å²) in [5, 5.41) is 7.45. The van der Waals surface area contributed by atoms with Gasteiger partial charge >= 0.3 is 5.97 Å². The monoisotopic (exact) mass is 649 g/mol. The van der Waals surface area contributed by atoms with Gasteiger partial charge in [-0.15, -0.1) is 0 Å². The minimum atomic E-state index is -0.953. The number of carbonyl (C=O) groups is 3. The van der Waals surface area contributed by atoms with Crippen LogP contribution < -0.4 is 20.2 Å². The summed E-state index contributed by atoms with van der Waals surface area (Å²) in [6.45, 7) is 1.32. The molecule has 0 saturated carbocycles. The quantitative estimate of drug-likeness (QED) is 0.163. The van der Waals surface area contributed by atoms with Crippen molar-refractivity contribution >= 4 is 63.1 Å². The van der Waals surface area contributed by atoms with E-state index in [1.54, 1.807) is 37.3 Å². The summed E-state index contributed by atoms with van der Waals surface area (Å²) in [7, 11) is 1.27. The molecule has 0 fully saturated rings. The van der Waals surface area contributed by atoms with E-state index in [9.17, 15) is 14.4 Å². The molecule has 3 rings (SSSR count). The first-order valence-corrected chi connectivity index (χ1v) is 13.5. The molecule has 0 aromatic heterocycles. The van der Waals surface area contributed by atoms with Gasteiger partial charge in [0, 0.05) is 11.4 Å². The van der Waals surface area contributed by atoms with Crippen LogP contribution in [0.4, 0.5) is 0 Å². The number of halogens is 3. The summed E-state index contributed by atoms with van der Waals surface area (Å²) in [5.41, 5.74) is 3.96. The van der Waals surface area contributed by atoms with Crippen molar-refractivity contribution in [2.24, 2.45) is 5.10 Å². The van der Waals surface area contributed by atoms with Gasteiger partial charge in [-0.25, -0.2) is 10.2 Å². The van der Waals surface area contributed by atoms with E-state index in [0.29, 0.717) is 20.8 Å². The number of hydrogen-bond donors (Lipinski definition) is 2. The average molecular weight is 651 g/mol. The second-order valence-electron chi connectivity index (χ2n) is 8.37. The minimum absolute atomic E-state index is 0.222. The zero-order chi connectivity index (χ0) is 29.1. The molecule has 0 spiro atoms. The Morgan fingerprint density at radius 3 is 2.40 bits per heavy atom. The fourth-order valence-corrected chi connectivity index (χ4v) is 4.29. The topological polar surface area (TPSA) is 115 Å². The average Bonchev–Trinajstić information content (AvgIpc) is 2.93. The minimum Gasteiger partial charge on any atom is -0.481 e. The lowest BCUT2D eigenvalue weighted by molar-refractivity contribution is -0.143. The predicted octanol–water partition coefficient (Wildman–Crippen LogP) is 4.95. The molecular formula is C28H26BrCl2N3O6. The van der Waals surface area contributed by atoms with Crippen LogP contribution in [0.2, 0.25) is 10.0 Å². The van der Waals surface area contributed by atoms with E-state index in [1.165, 1.54) is 19.4 Å². The molecule has 0 bridgehead atoms. The summed E-state index contributed by atoms with van der Waals surface area (Å²) in [6.07, 6.45) is 0.702. The highest BCUT2D eigenvalue weighted by molar-refractivity contribution is 9.10. The van der Waals surface area contributed by atoms with Crippen LogP contribution in [0.5, 0.6) is 11.5 Å². The molecule has 0 unspecified atom stereocenters. The second-order valence-corrected chi connectivity index (χ2v) is 10.1. The Bertz CT molecular complexity index is 1370. The maximum absolute atomic E-state index is 13.1. The molecule has 210 valence electrons. The standard InChI is InChI=1S/C28H26BrCl2N3O6/c1-17(40-25-11-9-20(30)14-22(25)31)27(36)33-23(13-18-6-4-3-5-7-18)28(37)34-32-15-19-8-10-24(21(29)12-19)39-16-26(35)38-2/h3-12,14-15,17,23H,13,16H2,1-2H3,(H,33,36)(H,34,37)/b32-15-/t17-,23+/m1/s1. The van der Waals surface area contributed by atoms with Gasteiger partial charge in [0.15, 0.2) is 12.7 Å². The predicted molar refractivity (Wildman–Crippen MR) is 156 cm³/mol. The molecule has 0 radical (unpaired) electrons. The van der Waals surface area contributed by atoms with Gasteiger partial charge in [-0.1, -0.05) is 53.5 Å². The van der Waals surface area contributed by atoms with E-state index in [-0.39, 0.29) is 23.8 Å². The summed E-state index contributed by atoms with van der Waals surface area (Å²) < 4.78 is 16.2. The van der Waals surface area contributed by atoms with Gasteiger partial charge in [0.25, 0.3) is 11.8 Å². The molecule has 0 heterocycles. The van der Waals surface area contributed by atoms with Gasteiger partial charge < -0.3 is 19.5 Å². The van der Waals surface area contributed by atoms with Crippen molar-refractivity contribution < 1.29 is 28.6 Å². The number of methoxy groups -OCH3 is 1. The summed E-state index contributed by atoms with van der Waals surface area (Å²) in [5.74, 6) is -0.823. The first kappa shape index (κ1) is 30.9. The fraction of sp³-hybridized carbons (Fsp3) is 0.214. The van der Waals surface area contributed by atoms with Crippen molar-refractivity contribution in [2.45, 2.75) is 25.5 Å². The highest BCUT2D eigenvalue weighted by Crippen LogP contribution is 2.28. The van der Waals surface area contributed by atoms with Gasteiger partial charge in [-0.05, 0) is 70.4 Å². The maximum Gasteiger partial charge on any atom is 0.343 e. The molecule has 2 N–H and O–H groups in total. The van der Waals surface area contributed by atoms with Crippen LogP contribution in [-0.4, -0.2) is 49.9 Å². The van der Waals surface area contributed by atoms with Gasteiger partial charge in [-0.2, -0.15) is 5.10 Å². The van der Waals surface area contributed by atoms with E-state index in [2.05, 4.69) is 36.5 Å². The first-order valence-electron chi connectivity index (χ1n) is 11.9. The Kier molecular flexibility index (Phi) is 11.8. The third kappa shape index (κ3) is 9.55. The van der Waals surface area contributed by atoms with Crippen molar-refractivity contribution in [3.05, 3.63) is 92.4 Å². The molecule has 9 nitrogen and oxygen atoms in total. The number of benzene rings is 3. The number of hydrazone groups is 1. The Hall–Kier alpha value is -3.60. The zero-order valence-corrected chi connectivity index (χ0v) is 24.6. The molecule has 2 amide bonds. The van der Waals surface area contributed by atoms with Crippen LogP contribution >= 0.6 is 39.1 Å². The third-order valence-electron chi connectivity index (χ3n) is 5.40. The van der Waals surface area contributed by atoms with Crippen molar-refractivity contribution in [1.29, 1.82) is 0 Å². The number of nitrogens with one attached hydrogen (secondary N) is 2. The Morgan fingerprint density at radius 1 is 1.00 bits per heavy atom. The molecule has 3 aromatic carbocycles. The number of rotatable bonds is 12. The molecule has 2 atom stereocenters. The zero-order valence-electron chi connectivity index (χ0n) is 21.5. The number of nitrogens with zero attached hydrogens (tertiary/aromatic N) is 1. The first-order chi connectivity index (χ1) is 19.2. The number of ether oxygens (including phenoxy) is 3. The number of amides is 2. The van der Waals surface area contributed by atoms with Gasteiger partial charge in [0.2, 0.25) is 0 Å². The lowest BCUT2D eigenvalue weighted by atomic mass is 10.1. The van der Waals surface area contributed by atoms with E-state index < -0.39 is 29.9 Å². The number of carbonyl (C=O) groups excluding carboxylic acids is 3. The van der Waals surface area contributed by atoms with Gasteiger partial charge in [-0.3, -0.25) is 9.59 Å². The summed E-state index contributed by atoms with van der Waals surface area (Å²) in [4.78, 5) is 37.3. The highest BCUT2D eigenvalue weighted by Gasteiger charge is 2.25. The van der Waals surface area contributed by atoms with Crippen LogP contribution in [0.25, 0.3) is 0 Å². The van der Waals surface area contributed by atoms with Crippen molar-refractivity contribution in [3.8, 4) is 11.5 Å². The van der Waals surface area contributed by atoms with E-state index in [0.717, 1.165) is 5.56 Å². The molecule has 12 heteroatoms. The Morgan fingerprint density at radius 2 is 1.73 bits per heavy atom. The summed E-state index contributed by atoms with van der Waals surface area (Å²) >= 11 is 15.4. The lowest BCUT2D eigenvalue weighted by Gasteiger charge is -2.21. The van der Waals surface area contributed by atoms with Crippen LogP contribution in [0, 0.1) is 0 Å². The molecule has 0 aliphatic heterocycles. The van der Waals surface area contributed by atoms with Crippen molar-refractivity contribution in [3.63, 3.8) is 0 Å². The number of esters is 1.